The van der Waals surface area contributed by atoms with E-state index in [1.54, 1.807) is 6.20 Å². The highest BCUT2D eigenvalue weighted by Gasteiger charge is 2.29. The zero-order valence-corrected chi connectivity index (χ0v) is 19.1. The maximum absolute atomic E-state index is 13.1. The van der Waals surface area contributed by atoms with Crippen LogP contribution in [0.1, 0.15) is 25.3 Å². The molecule has 1 heterocycles. The summed E-state index contributed by atoms with van der Waals surface area (Å²) in [7, 11) is 0. The number of aliphatic hydroxyl groups excluding tert-OH is 1. The first-order chi connectivity index (χ1) is 16.5. The summed E-state index contributed by atoms with van der Waals surface area (Å²) < 4.78 is 0. The van der Waals surface area contributed by atoms with Gasteiger partial charge in [0.1, 0.15) is 18.1 Å². The minimum atomic E-state index is -1.46. The molecule has 0 aliphatic carbocycles. The predicted molar refractivity (Wildman–Crippen MR) is 125 cm³/mol. The number of H-pyrrole nitrogens is 1. The van der Waals surface area contributed by atoms with Crippen LogP contribution in [0.5, 0.6) is 0 Å². The van der Waals surface area contributed by atoms with Gasteiger partial charge in [-0.1, -0.05) is 18.2 Å². The van der Waals surface area contributed by atoms with Crippen LogP contribution < -0.4 is 27.4 Å². The minimum Gasteiger partial charge on any atom is -0.480 e. The number of rotatable bonds is 13. The summed E-state index contributed by atoms with van der Waals surface area (Å²) in [5, 5.41) is 26.4. The first-order valence-corrected chi connectivity index (χ1v) is 10.9. The molecule has 0 saturated heterocycles. The topological polar surface area (TPSA) is 230 Å². The summed E-state index contributed by atoms with van der Waals surface area (Å²) >= 11 is 0. The van der Waals surface area contributed by atoms with Crippen LogP contribution in [0, 0.1) is 0 Å². The Morgan fingerprint density at radius 3 is 2.26 bits per heavy atom. The van der Waals surface area contributed by atoms with E-state index < -0.39 is 60.4 Å². The number of carbonyl (C=O) groups is 5. The molecule has 0 bridgehead atoms. The maximum atomic E-state index is 13.1. The van der Waals surface area contributed by atoms with Gasteiger partial charge < -0.3 is 42.6 Å². The Bertz CT molecular complexity index is 1090. The van der Waals surface area contributed by atoms with Crippen molar-refractivity contribution < 1.29 is 34.2 Å². The van der Waals surface area contributed by atoms with E-state index in [0.717, 1.165) is 10.9 Å². The lowest BCUT2D eigenvalue weighted by atomic mass is 10.0. The molecule has 4 unspecified atom stereocenters. The SMILES string of the molecule is CC(NC(=O)C(CO)NC(=O)C(Cc1c[nH]c2ccccc12)NC(=O)C(N)CCC(N)=O)C(=O)O. The van der Waals surface area contributed by atoms with Crippen LogP contribution in [0.15, 0.2) is 30.5 Å². The summed E-state index contributed by atoms with van der Waals surface area (Å²) in [6, 6.07) is 2.26. The van der Waals surface area contributed by atoms with E-state index in [-0.39, 0.29) is 19.3 Å². The molecule has 1 aromatic heterocycles. The van der Waals surface area contributed by atoms with Gasteiger partial charge in [-0.15, -0.1) is 0 Å². The average molecular weight is 491 g/mol. The van der Waals surface area contributed by atoms with E-state index >= 15 is 0 Å². The fraction of sp³-hybridized carbons (Fsp3) is 0.409. The number of para-hydroxylation sites is 1. The summed E-state index contributed by atoms with van der Waals surface area (Å²) in [4.78, 5) is 63.0. The van der Waals surface area contributed by atoms with Crippen molar-refractivity contribution in [2.24, 2.45) is 11.5 Å². The van der Waals surface area contributed by atoms with E-state index in [1.807, 2.05) is 24.3 Å². The van der Waals surface area contributed by atoms with Crippen LogP contribution in [0.2, 0.25) is 0 Å². The summed E-state index contributed by atoms with van der Waals surface area (Å²) in [5.41, 5.74) is 12.4. The number of hydrogen-bond donors (Lipinski definition) is 8. The second-order valence-electron chi connectivity index (χ2n) is 8.05. The monoisotopic (exact) mass is 490 g/mol. The van der Waals surface area contributed by atoms with Crippen LogP contribution >= 0.6 is 0 Å². The summed E-state index contributed by atoms with van der Waals surface area (Å²) in [5.74, 6) is -4.35. The third kappa shape index (κ3) is 7.79. The number of carbonyl (C=O) groups excluding carboxylic acids is 4. The first-order valence-electron chi connectivity index (χ1n) is 10.9. The van der Waals surface area contributed by atoms with Crippen molar-refractivity contribution in [2.75, 3.05) is 6.61 Å². The van der Waals surface area contributed by atoms with Gasteiger partial charge in [0.15, 0.2) is 0 Å². The zero-order chi connectivity index (χ0) is 26.1. The molecule has 1 aromatic carbocycles. The predicted octanol–water partition coefficient (Wildman–Crippen LogP) is -2.15. The van der Waals surface area contributed by atoms with Gasteiger partial charge in [-0.05, 0) is 25.0 Å². The molecule has 13 heteroatoms. The number of amides is 4. The molecule has 13 nitrogen and oxygen atoms in total. The van der Waals surface area contributed by atoms with E-state index in [9.17, 15) is 29.1 Å². The van der Waals surface area contributed by atoms with Crippen molar-refractivity contribution in [3.63, 3.8) is 0 Å². The molecule has 0 spiro atoms. The van der Waals surface area contributed by atoms with E-state index in [0.29, 0.717) is 5.56 Å². The number of nitrogens with two attached hydrogens (primary N) is 2. The lowest BCUT2D eigenvalue weighted by molar-refractivity contribution is -0.142. The number of primary amides is 1. The first kappa shape index (κ1) is 27.3. The summed E-state index contributed by atoms with van der Waals surface area (Å²) in [6.45, 7) is 0.416. The molecular formula is C22H30N6O7. The van der Waals surface area contributed by atoms with Crippen molar-refractivity contribution in [2.45, 2.75) is 50.4 Å². The van der Waals surface area contributed by atoms with Crippen LogP contribution in [-0.4, -0.2) is 75.6 Å². The number of aromatic nitrogens is 1. The smallest absolute Gasteiger partial charge is 0.325 e. The van der Waals surface area contributed by atoms with Gasteiger partial charge in [0.25, 0.3) is 0 Å². The second-order valence-corrected chi connectivity index (χ2v) is 8.05. The number of nitrogens with one attached hydrogen (secondary N) is 4. The Balaban J connectivity index is 2.21. The quantitative estimate of drug-likeness (QED) is 0.154. The average Bonchev–Trinajstić information content (AvgIpc) is 3.22. The van der Waals surface area contributed by atoms with Crippen LogP contribution in [0.4, 0.5) is 0 Å². The van der Waals surface area contributed by atoms with Crippen molar-refractivity contribution in [1.82, 2.24) is 20.9 Å². The third-order valence-corrected chi connectivity index (χ3v) is 5.32. The molecule has 0 fully saturated rings. The van der Waals surface area contributed by atoms with E-state index in [2.05, 4.69) is 20.9 Å². The Labute approximate surface area is 200 Å². The molecule has 0 aliphatic rings. The Hall–Kier alpha value is -3.97. The lowest BCUT2D eigenvalue weighted by Gasteiger charge is -2.24. The van der Waals surface area contributed by atoms with Gasteiger partial charge in [-0.25, -0.2) is 0 Å². The van der Waals surface area contributed by atoms with Gasteiger partial charge in [0, 0.05) is 29.9 Å². The molecular weight excluding hydrogens is 460 g/mol. The highest BCUT2D eigenvalue weighted by atomic mass is 16.4. The van der Waals surface area contributed by atoms with Gasteiger partial charge in [0.05, 0.1) is 12.6 Å². The Morgan fingerprint density at radius 1 is 1.00 bits per heavy atom. The number of aliphatic carboxylic acids is 1. The minimum absolute atomic E-state index is 0.00935. The van der Waals surface area contributed by atoms with Gasteiger partial charge >= 0.3 is 5.97 Å². The molecule has 2 rings (SSSR count). The molecule has 4 atom stereocenters. The fourth-order valence-corrected chi connectivity index (χ4v) is 3.28. The zero-order valence-electron chi connectivity index (χ0n) is 19.1. The number of carboxylic acids is 1. The highest BCUT2D eigenvalue weighted by molar-refractivity contribution is 5.95. The molecule has 0 saturated carbocycles. The van der Waals surface area contributed by atoms with Crippen LogP contribution in [0.25, 0.3) is 10.9 Å². The van der Waals surface area contributed by atoms with Crippen molar-refractivity contribution in [1.29, 1.82) is 0 Å². The Kier molecular flexibility index (Phi) is 9.73. The normalized spacial score (nSPS) is 14.4. The molecule has 4 amide bonds. The van der Waals surface area contributed by atoms with Crippen molar-refractivity contribution >= 4 is 40.5 Å². The van der Waals surface area contributed by atoms with E-state index in [4.69, 9.17) is 16.6 Å². The fourth-order valence-electron chi connectivity index (χ4n) is 3.28. The lowest BCUT2D eigenvalue weighted by Crippen LogP contribution is -2.58. The van der Waals surface area contributed by atoms with Gasteiger partial charge in [0.2, 0.25) is 23.6 Å². The maximum Gasteiger partial charge on any atom is 0.325 e. The number of benzene rings is 1. The molecule has 35 heavy (non-hydrogen) atoms. The second kappa shape index (κ2) is 12.5. The molecule has 10 N–H and O–H groups in total. The van der Waals surface area contributed by atoms with Crippen LogP contribution in [-0.2, 0) is 30.4 Å². The van der Waals surface area contributed by atoms with Crippen LogP contribution in [0.3, 0.4) is 0 Å². The number of fused-ring (bicyclic) bond motifs is 1. The molecule has 2 aromatic rings. The van der Waals surface area contributed by atoms with Gasteiger partial charge in [-0.2, -0.15) is 0 Å². The number of aromatic amines is 1. The molecule has 0 radical (unpaired) electrons. The standard InChI is InChI=1S/C22H30N6O7/c1-11(22(34)35)26-21(33)17(10-29)28-20(32)16(27-19(31)14(23)6-7-18(24)30)8-12-9-25-15-5-3-2-4-13(12)15/h2-5,9,11,14,16-17,25,29H,6-8,10,23H2,1H3,(H2,24,30)(H,26,33)(H,27,31)(H,28,32)(H,34,35). The third-order valence-electron chi connectivity index (χ3n) is 5.32. The van der Waals surface area contributed by atoms with Crippen molar-refractivity contribution in [3.05, 3.63) is 36.0 Å². The van der Waals surface area contributed by atoms with Gasteiger partial charge in [-0.3, -0.25) is 24.0 Å². The summed E-state index contributed by atoms with van der Waals surface area (Å²) in [6.07, 6.45) is 1.53. The van der Waals surface area contributed by atoms with Crippen molar-refractivity contribution in [3.8, 4) is 0 Å². The molecule has 0 aliphatic heterocycles. The number of hydrogen-bond acceptors (Lipinski definition) is 7. The number of aliphatic hydroxyl groups is 1. The number of carboxylic acid groups (broad SMARTS) is 1. The Morgan fingerprint density at radius 2 is 1.63 bits per heavy atom. The highest BCUT2D eigenvalue weighted by Crippen LogP contribution is 2.19. The largest absolute Gasteiger partial charge is 0.480 e. The van der Waals surface area contributed by atoms with E-state index in [1.165, 1.54) is 6.92 Å². The molecule has 190 valence electrons.